The van der Waals surface area contributed by atoms with Crippen molar-refractivity contribution in [3.63, 3.8) is 0 Å². The molecule has 0 unspecified atom stereocenters. The molecule has 36 heavy (non-hydrogen) atoms. The number of nitrogens with zero attached hydrogens (tertiary/aromatic N) is 6. The first-order valence-electron chi connectivity index (χ1n) is 13.1. The molecule has 0 saturated carbocycles. The molecular weight excluding hydrogens is 452 g/mol. The zero-order valence-corrected chi connectivity index (χ0v) is 21.1. The first kappa shape index (κ1) is 24.3. The molecule has 8 heteroatoms. The van der Waals surface area contributed by atoms with Gasteiger partial charge in [0.1, 0.15) is 5.82 Å². The summed E-state index contributed by atoms with van der Waals surface area (Å²) < 4.78 is 3.42. The molecule has 0 bridgehead atoms. The SMILES string of the molecule is CCn1c(C2CCN(CC(=O)N3CCN(c4ccccc4)CC3)CC2)nn(Cc2ccccc2)c1=O. The standard InChI is InChI=1S/C28H36N6O2/c1-2-33-27(29-34(28(33)36)21-23-9-5-3-6-10-23)24-13-15-30(16-14-24)22-26(35)32-19-17-31(18-20-32)25-11-7-4-8-12-25/h3-12,24H,2,13-22H2,1H3. The minimum absolute atomic E-state index is 0.0383. The van der Waals surface area contributed by atoms with Crippen molar-refractivity contribution in [2.24, 2.45) is 0 Å². The van der Waals surface area contributed by atoms with E-state index in [-0.39, 0.29) is 17.5 Å². The second kappa shape index (κ2) is 11.1. The Kier molecular flexibility index (Phi) is 7.51. The second-order valence-corrected chi connectivity index (χ2v) is 9.78. The second-order valence-electron chi connectivity index (χ2n) is 9.78. The van der Waals surface area contributed by atoms with Gasteiger partial charge < -0.3 is 9.80 Å². The average molecular weight is 489 g/mol. The molecule has 3 heterocycles. The van der Waals surface area contributed by atoms with Gasteiger partial charge in [0, 0.05) is 44.3 Å². The normalized spacial score (nSPS) is 17.5. The number of likely N-dealkylation sites (tertiary alicyclic amines) is 1. The van der Waals surface area contributed by atoms with Crippen molar-refractivity contribution < 1.29 is 4.79 Å². The van der Waals surface area contributed by atoms with Crippen molar-refractivity contribution in [1.29, 1.82) is 0 Å². The van der Waals surface area contributed by atoms with Crippen LogP contribution in [0.1, 0.15) is 37.1 Å². The van der Waals surface area contributed by atoms with Gasteiger partial charge in [-0.25, -0.2) is 9.48 Å². The van der Waals surface area contributed by atoms with Gasteiger partial charge in [-0.15, -0.1) is 0 Å². The van der Waals surface area contributed by atoms with Gasteiger partial charge in [0.05, 0.1) is 13.1 Å². The molecule has 0 radical (unpaired) electrons. The third-order valence-electron chi connectivity index (χ3n) is 7.51. The highest BCUT2D eigenvalue weighted by Gasteiger charge is 2.29. The number of aromatic nitrogens is 3. The lowest BCUT2D eigenvalue weighted by atomic mass is 9.96. The monoisotopic (exact) mass is 488 g/mol. The molecule has 0 N–H and O–H groups in total. The van der Waals surface area contributed by atoms with E-state index < -0.39 is 0 Å². The number of carbonyl (C=O) groups excluding carboxylic acids is 1. The molecule has 5 rings (SSSR count). The number of para-hydroxylation sites is 1. The van der Waals surface area contributed by atoms with E-state index in [4.69, 9.17) is 5.10 Å². The molecule has 2 aromatic carbocycles. The Labute approximate surface area is 212 Å². The van der Waals surface area contributed by atoms with E-state index in [1.54, 1.807) is 4.68 Å². The highest BCUT2D eigenvalue weighted by Crippen LogP contribution is 2.26. The fourth-order valence-corrected chi connectivity index (χ4v) is 5.41. The van der Waals surface area contributed by atoms with Crippen molar-refractivity contribution in [1.82, 2.24) is 24.1 Å². The summed E-state index contributed by atoms with van der Waals surface area (Å²) in [5.41, 5.74) is 2.26. The van der Waals surface area contributed by atoms with Gasteiger partial charge >= 0.3 is 5.69 Å². The van der Waals surface area contributed by atoms with Crippen LogP contribution in [-0.4, -0.2) is 75.9 Å². The topological polar surface area (TPSA) is 66.6 Å². The Bertz CT molecular complexity index is 1190. The Morgan fingerprint density at radius 3 is 2.17 bits per heavy atom. The largest absolute Gasteiger partial charge is 0.368 e. The molecule has 1 aromatic heterocycles. The quantitative estimate of drug-likeness (QED) is 0.512. The van der Waals surface area contributed by atoms with Crippen LogP contribution >= 0.6 is 0 Å². The van der Waals surface area contributed by atoms with E-state index >= 15 is 0 Å². The number of carbonyl (C=O) groups is 1. The van der Waals surface area contributed by atoms with Gasteiger partial charge in [-0.1, -0.05) is 48.5 Å². The number of hydrogen-bond donors (Lipinski definition) is 0. The predicted molar refractivity (Wildman–Crippen MR) is 141 cm³/mol. The Hall–Kier alpha value is -3.39. The average Bonchev–Trinajstić information content (AvgIpc) is 3.25. The van der Waals surface area contributed by atoms with Crippen LogP contribution in [0.15, 0.2) is 65.5 Å². The number of piperidine rings is 1. The first-order valence-corrected chi connectivity index (χ1v) is 13.1. The smallest absolute Gasteiger partial charge is 0.346 e. The number of amides is 1. The van der Waals surface area contributed by atoms with Crippen LogP contribution in [0.4, 0.5) is 5.69 Å². The van der Waals surface area contributed by atoms with Crippen molar-refractivity contribution in [2.75, 3.05) is 50.7 Å². The predicted octanol–water partition coefficient (Wildman–Crippen LogP) is 2.64. The lowest BCUT2D eigenvalue weighted by Crippen LogP contribution is -2.52. The van der Waals surface area contributed by atoms with E-state index in [1.807, 2.05) is 52.8 Å². The molecule has 0 aliphatic carbocycles. The molecule has 1 amide bonds. The molecule has 3 aromatic rings. The highest BCUT2D eigenvalue weighted by molar-refractivity contribution is 5.78. The van der Waals surface area contributed by atoms with Gasteiger partial charge in [-0.05, 0) is 50.6 Å². The molecule has 0 spiro atoms. The number of anilines is 1. The van der Waals surface area contributed by atoms with Crippen molar-refractivity contribution in [3.05, 3.63) is 82.5 Å². The van der Waals surface area contributed by atoms with Gasteiger partial charge in [0.25, 0.3) is 0 Å². The van der Waals surface area contributed by atoms with E-state index in [9.17, 15) is 9.59 Å². The Balaban J connectivity index is 1.14. The van der Waals surface area contributed by atoms with Gasteiger partial charge in [-0.3, -0.25) is 14.3 Å². The third-order valence-corrected chi connectivity index (χ3v) is 7.51. The summed E-state index contributed by atoms with van der Waals surface area (Å²) in [5.74, 6) is 1.36. The van der Waals surface area contributed by atoms with Crippen LogP contribution in [0.3, 0.4) is 0 Å². The van der Waals surface area contributed by atoms with Crippen molar-refractivity contribution in [3.8, 4) is 0 Å². The summed E-state index contributed by atoms with van der Waals surface area (Å²) in [4.78, 5) is 32.6. The van der Waals surface area contributed by atoms with Gasteiger partial charge in [0.15, 0.2) is 0 Å². The highest BCUT2D eigenvalue weighted by atomic mass is 16.2. The maximum Gasteiger partial charge on any atom is 0.346 e. The van der Waals surface area contributed by atoms with Crippen LogP contribution in [0.25, 0.3) is 0 Å². The Morgan fingerprint density at radius 1 is 0.889 bits per heavy atom. The molecule has 190 valence electrons. The molecule has 8 nitrogen and oxygen atoms in total. The Morgan fingerprint density at radius 2 is 1.53 bits per heavy atom. The third kappa shape index (κ3) is 5.38. The molecule has 0 atom stereocenters. The summed E-state index contributed by atoms with van der Waals surface area (Å²) in [6, 6.07) is 20.4. The van der Waals surface area contributed by atoms with Gasteiger partial charge in [0.2, 0.25) is 5.91 Å². The van der Waals surface area contributed by atoms with Crippen LogP contribution in [0, 0.1) is 0 Å². The minimum atomic E-state index is -0.0383. The van der Waals surface area contributed by atoms with E-state index in [2.05, 4.69) is 34.1 Å². The summed E-state index contributed by atoms with van der Waals surface area (Å²) in [5, 5.41) is 4.76. The first-order chi connectivity index (χ1) is 17.6. The molecular formula is C28H36N6O2. The summed E-state index contributed by atoms with van der Waals surface area (Å²) >= 11 is 0. The maximum atomic E-state index is 13.0. The number of hydrogen-bond acceptors (Lipinski definition) is 5. The summed E-state index contributed by atoms with van der Waals surface area (Å²) in [6.45, 7) is 8.58. The van der Waals surface area contributed by atoms with Crippen LogP contribution in [0.5, 0.6) is 0 Å². The van der Waals surface area contributed by atoms with Crippen LogP contribution in [-0.2, 0) is 17.9 Å². The van der Waals surface area contributed by atoms with Crippen LogP contribution in [0.2, 0.25) is 0 Å². The zero-order valence-electron chi connectivity index (χ0n) is 21.1. The molecule has 2 fully saturated rings. The van der Waals surface area contributed by atoms with Crippen LogP contribution < -0.4 is 10.6 Å². The minimum Gasteiger partial charge on any atom is -0.368 e. The van der Waals surface area contributed by atoms with Gasteiger partial charge in [-0.2, -0.15) is 5.10 Å². The summed E-state index contributed by atoms with van der Waals surface area (Å²) in [7, 11) is 0. The van der Waals surface area contributed by atoms with E-state index in [0.29, 0.717) is 19.6 Å². The number of benzene rings is 2. The van der Waals surface area contributed by atoms with Crippen molar-refractivity contribution >= 4 is 11.6 Å². The molecule has 2 saturated heterocycles. The molecule has 2 aliphatic rings. The fourth-order valence-electron chi connectivity index (χ4n) is 5.41. The van der Waals surface area contributed by atoms with E-state index in [0.717, 1.165) is 63.5 Å². The number of rotatable bonds is 7. The lowest BCUT2D eigenvalue weighted by molar-refractivity contribution is -0.133. The molecule has 2 aliphatic heterocycles. The zero-order chi connectivity index (χ0) is 24.9. The fraction of sp³-hybridized carbons (Fsp3) is 0.464. The lowest BCUT2D eigenvalue weighted by Gasteiger charge is -2.38. The summed E-state index contributed by atoms with van der Waals surface area (Å²) in [6.07, 6.45) is 1.83. The van der Waals surface area contributed by atoms with E-state index in [1.165, 1.54) is 5.69 Å². The van der Waals surface area contributed by atoms with Crippen molar-refractivity contribution in [2.45, 2.75) is 38.8 Å². The number of piperazine rings is 1. The maximum absolute atomic E-state index is 13.0.